The van der Waals surface area contributed by atoms with Crippen molar-refractivity contribution in [2.24, 2.45) is 0 Å². The Kier molecular flexibility index (Phi) is 5.75. The molecule has 0 bridgehead atoms. The van der Waals surface area contributed by atoms with E-state index >= 15 is 0 Å². The smallest absolute Gasteiger partial charge is 0.265 e. The third-order valence-corrected chi connectivity index (χ3v) is 6.94. The Bertz CT molecular complexity index is 1330. The van der Waals surface area contributed by atoms with Gasteiger partial charge in [-0.1, -0.05) is 30.3 Å². The van der Waals surface area contributed by atoms with Crippen LogP contribution in [0.25, 0.3) is 10.1 Å². The summed E-state index contributed by atoms with van der Waals surface area (Å²) in [6, 6.07) is 21.9. The fourth-order valence-electron chi connectivity index (χ4n) is 3.17. The van der Waals surface area contributed by atoms with Crippen molar-refractivity contribution in [3.8, 4) is 0 Å². The van der Waals surface area contributed by atoms with Crippen molar-refractivity contribution in [3.63, 3.8) is 0 Å². The molecule has 0 saturated carbocycles. The number of thiophene rings is 1. The molecule has 4 rings (SSSR count). The molecule has 1 amide bonds. The highest BCUT2D eigenvalue weighted by atomic mass is 32.2. The molecule has 1 aromatic heterocycles. The molecule has 0 aliphatic rings. The maximum atomic E-state index is 13.1. The van der Waals surface area contributed by atoms with Crippen LogP contribution in [0.15, 0.2) is 78.9 Å². The van der Waals surface area contributed by atoms with Crippen LogP contribution in [0.5, 0.6) is 0 Å². The average Bonchev–Trinajstić information content (AvgIpc) is 3.17. The van der Waals surface area contributed by atoms with E-state index < -0.39 is 10.0 Å². The van der Waals surface area contributed by atoms with E-state index in [9.17, 15) is 17.6 Å². The van der Waals surface area contributed by atoms with E-state index in [0.29, 0.717) is 16.3 Å². The predicted octanol–water partition coefficient (Wildman–Crippen LogP) is 5.26. The molecule has 3 aromatic carbocycles. The van der Waals surface area contributed by atoms with Gasteiger partial charge in [-0.15, -0.1) is 11.3 Å². The topological polar surface area (TPSA) is 66.5 Å². The molecule has 0 radical (unpaired) electrons. The molecule has 0 fully saturated rings. The number of nitrogens with zero attached hydrogens (tertiary/aromatic N) is 1. The number of benzene rings is 3. The molecule has 1 N–H and O–H groups in total. The molecule has 0 unspecified atom stereocenters. The molecule has 0 spiro atoms. The van der Waals surface area contributed by atoms with Gasteiger partial charge < -0.3 is 5.32 Å². The number of anilines is 2. The second-order valence-electron chi connectivity index (χ2n) is 7.05. The second kappa shape index (κ2) is 8.49. The first-order valence-corrected chi connectivity index (χ1v) is 12.1. The molecule has 0 atom stereocenters. The molecule has 1 heterocycles. The summed E-state index contributed by atoms with van der Waals surface area (Å²) < 4.78 is 40.2. The molecule has 31 heavy (non-hydrogen) atoms. The number of nitrogens with one attached hydrogen (secondary N) is 1. The summed E-state index contributed by atoms with van der Waals surface area (Å²) >= 11 is 1.31. The first-order valence-electron chi connectivity index (χ1n) is 9.42. The summed E-state index contributed by atoms with van der Waals surface area (Å²) in [4.78, 5) is 13.1. The van der Waals surface area contributed by atoms with Gasteiger partial charge in [-0.2, -0.15) is 0 Å². The van der Waals surface area contributed by atoms with Crippen molar-refractivity contribution >= 4 is 48.7 Å². The average molecular weight is 455 g/mol. The van der Waals surface area contributed by atoms with Crippen LogP contribution in [0.2, 0.25) is 0 Å². The standard InChI is InChI=1S/C23H19FN2O3S2/c1-31(28,29)26(15-16-5-3-2-4-6-16)20-11-12-21-17(13-20)14-22(30-21)23(27)25-19-9-7-18(24)8-10-19/h2-14H,15H2,1H3,(H,25,27). The first-order chi connectivity index (χ1) is 14.8. The second-order valence-corrected chi connectivity index (χ2v) is 10.0. The van der Waals surface area contributed by atoms with Gasteiger partial charge in [0.1, 0.15) is 5.82 Å². The molecule has 5 nitrogen and oxygen atoms in total. The van der Waals surface area contributed by atoms with E-state index in [1.54, 1.807) is 18.2 Å². The zero-order valence-electron chi connectivity index (χ0n) is 16.6. The SMILES string of the molecule is CS(=O)(=O)N(Cc1ccccc1)c1ccc2sc(C(=O)Nc3ccc(F)cc3)cc2c1. The maximum Gasteiger partial charge on any atom is 0.265 e. The number of halogens is 1. The minimum absolute atomic E-state index is 0.216. The van der Waals surface area contributed by atoms with Crippen LogP contribution in [0, 0.1) is 5.82 Å². The van der Waals surface area contributed by atoms with E-state index in [-0.39, 0.29) is 18.3 Å². The first kappa shape index (κ1) is 21.0. The van der Waals surface area contributed by atoms with E-state index in [2.05, 4.69) is 5.32 Å². The zero-order valence-corrected chi connectivity index (χ0v) is 18.2. The minimum Gasteiger partial charge on any atom is -0.321 e. The van der Waals surface area contributed by atoms with Crippen molar-refractivity contribution in [3.05, 3.63) is 95.1 Å². The molecule has 158 valence electrons. The van der Waals surface area contributed by atoms with Gasteiger partial charge in [0.2, 0.25) is 10.0 Å². The fraction of sp³-hybridized carbons (Fsp3) is 0.0870. The molecule has 0 saturated heterocycles. The van der Waals surface area contributed by atoms with E-state index in [1.807, 2.05) is 36.4 Å². The summed E-state index contributed by atoms with van der Waals surface area (Å²) in [6.45, 7) is 0.216. The summed E-state index contributed by atoms with van der Waals surface area (Å²) in [5, 5.41) is 3.51. The van der Waals surface area contributed by atoms with Gasteiger partial charge in [0.15, 0.2) is 0 Å². The van der Waals surface area contributed by atoms with Crippen LogP contribution < -0.4 is 9.62 Å². The number of amides is 1. The Morgan fingerprint density at radius 2 is 1.71 bits per heavy atom. The third kappa shape index (κ3) is 4.92. The lowest BCUT2D eigenvalue weighted by atomic mass is 10.2. The Hall–Kier alpha value is -3.23. The number of hydrogen-bond acceptors (Lipinski definition) is 4. The number of rotatable bonds is 6. The van der Waals surface area contributed by atoms with Gasteiger partial charge in [0.25, 0.3) is 5.91 Å². The van der Waals surface area contributed by atoms with Crippen molar-refractivity contribution < 1.29 is 17.6 Å². The minimum atomic E-state index is -3.51. The van der Waals surface area contributed by atoms with Crippen molar-refractivity contribution in [1.29, 1.82) is 0 Å². The van der Waals surface area contributed by atoms with Gasteiger partial charge in [-0.25, -0.2) is 12.8 Å². The molecular weight excluding hydrogens is 435 g/mol. The van der Waals surface area contributed by atoms with Crippen molar-refractivity contribution in [1.82, 2.24) is 0 Å². The van der Waals surface area contributed by atoms with Crippen LogP contribution in [0.1, 0.15) is 15.2 Å². The quantitative estimate of drug-likeness (QED) is 0.432. The van der Waals surface area contributed by atoms with Crippen LogP contribution >= 0.6 is 11.3 Å². The monoisotopic (exact) mass is 454 g/mol. The number of carbonyl (C=O) groups excluding carboxylic acids is 1. The highest BCUT2D eigenvalue weighted by Crippen LogP contribution is 2.31. The third-order valence-electron chi connectivity index (χ3n) is 4.68. The van der Waals surface area contributed by atoms with E-state index in [1.165, 1.54) is 46.2 Å². The lowest BCUT2D eigenvalue weighted by molar-refractivity contribution is 0.103. The van der Waals surface area contributed by atoms with Crippen molar-refractivity contribution in [2.75, 3.05) is 15.9 Å². The largest absolute Gasteiger partial charge is 0.321 e. The fourth-order valence-corrected chi connectivity index (χ4v) is 4.99. The molecular formula is C23H19FN2O3S2. The van der Waals surface area contributed by atoms with Crippen LogP contribution in [-0.2, 0) is 16.6 Å². The predicted molar refractivity (Wildman–Crippen MR) is 124 cm³/mol. The van der Waals surface area contributed by atoms with Gasteiger partial charge >= 0.3 is 0 Å². The van der Waals surface area contributed by atoms with Crippen LogP contribution in [0.4, 0.5) is 15.8 Å². The van der Waals surface area contributed by atoms with E-state index in [4.69, 9.17) is 0 Å². The zero-order chi connectivity index (χ0) is 22.0. The molecule has 4 aromatic rings. The number of fused-ring (bicyclic) bond motifs is 1. The Morgan fingerprint density at radius 1 is 1.00 bits per heavy atom. The van der Waals surface area contributed by atoms with Gasteiger partial charge in [0.05, 0.1) is 23.4 Å². The normalized spacial score (nSPS) is 11.4. The molecule has 0 aliphatic heterocycles. The lowest BCUT2D eigenvalue weighted by Crippen LogP contribution is -2.29. The summed E-state index contributed by atoms with van der Waals surface area (Å²) in [7, 11) is -3.51. The molecule has 0 aliphatic carbocycles. The van der Waals surface area contributed by atoms with E-state index in [0.717, 1.165) is 15.6 Å². The Labute approximate surface area is 183 Å². The summed E-state index contributed by atoms with van der Waals surface area (Å²) in [5.74, 6) is -0.683. The van der Waals surface area contributed by atoms with Crippen LogP contribution in [0.3, 0.4) is 0 Å². The maximum absolute atomic E-state index is 13.1. The number of carbonyl (C=O) groups is 1. The van der Waals surface area contributed by atoms with Crippen molar-refractivity contribution in [2.45, 2.75) is 6.54 Å². The Balaban J connectivity index is 1.62. The highest BCUT2D eigenvalue weighted by molar-refractivity contribution is 7.92. The number of hydrogen-bond donors (Lipinski definition) is 1. The molecule has 8 heteroatoms. The highest BCUT2D eigenvalue weighted by Gasteiger charge is 2.19. The van der Waals surface area contributed by atoms with Gasteiger partial charge in [0, 0.05) is 10.4 Å². The summed E-state index contributed by atoms with van der Waals surface area (Å²) in [5.41, 5.74) is 1.90. The Morgan fingerprint density at radius 3 is 2.39 bits per heavy atom. The van der Waals surface area contributed by atoms with Gasteiger partial charge in [-0.05, 0) is 59.5 Å². The van der Waals surface area contributed by atoms with Crippen LogP contribution in [-0.4, -0.2) is 20.6 Å². The lowest BCUT2D eigenvalue weighted by Gasteiger charge is -2.22. The van der Waals surface area contributed by atoms with Gasteiger partial charge in [-0.3, -0.25) is 9.10 Å². The summed E-state index contributed by atoms with van der Waals surface area (Å²) in [6.07, 6.45) is 1.18. The number of sulfonamides is 1.